The normalized spacial score (nSPS) is 17.7. The first-order valence-corrected chi connectivity index (χ1v) is 41.7. The molecule has 1 saturated heterocycles. The number of ketones is 1. The highest BCUT2D eigenvalue weighted by Crippen LogP contribution is 2.49. The number of ether oxygens (including phenoxy) is 3. The Morgan fingerprint density at radius 1 is 0.633 bits per heavy atom. The van der Waals surface area contributed by atoms with Crippen LogP contribution in [-0.2, 0) is 25.7 Å². The molecule has 5 aliphatic rings. The van der Waals surface area contributed by atoms with Gasteiger partial charge < -0.3 is 70.2 Å². The summed E-state index contributed by atoms with van der Waals surface area (Å²) in [6.45, 7) is 14.0. The molecule has 5 unspecified atom stereocenters. The van der Waals surface area contributed by atoms with Crippen LogP contribution < -0.4 is 47.0 Å². The smallest absolute Gasteiger partial charge is 0.357 e. The predicted molar refractivity (Wildman–Crippen MR) is 484 cm³/mol. The Morgan fingerprint density at radius 3 is 1.86 bits per heavy atom. The number of aromatic nitrogens is 2. The number of phenols is 1. The number of amides is 3. The lowest BCUT2D eigenvalue weighted by Crippen LogP contribution is -2.48. The topological polar surface area (TPSA) is 450 Å². The summed E-state index contributed by atoms with van der Waals surface area (Å²) < 4.78 is 34.4. The zero-order valence-corrected chi connectivity index (χ0v) is 72.6. The van der Waals surface area contributed by atoms with E-state index in [0.29, 0.717) is 60.0 Å². The fourth-order valence-electron chi connectivity index (χ4n) is 15.6. The zero-order valence-electron chi connectivity index (χ0n) is 71.8. The van der Waals surface area contributed by atoms with E-state index in [4.69, 9.17) is 23.7 Å². The number of aryl methyl sites for hydroxylation is 2. The van der Waals surface area contributed by atoms with Crippen molar-refractivity contribution in [1.29, 1.82) is 0 Å². The molecular weight excluding hydrogens is 1670 g/mol. The number of nitrogens with one attached hydrogen (secondary N) is 5. The van der Waals surface area contributed by atoms with Crippen molar-refractivity contribution < 1.29 is 92.1 Å². The highest BCUT2D eigenvalue weighted by Gasteiger charge is 2.52. The Hall–Kier alpha value is -13.6. The van der Waals surface area contributed by atoms with Crippen molar-refractivity contribution in [2.24, 2.45) is 35.5 Å². The molecule has 2 bridgehead atoms. The second-order valence-corrected chi connectivity index (χ2v) is 31.4. The number of β-amino-alcohol motifs (C(OH)–C–C–N with tert-alkyl or cyclic N) is 1. The van der Waals surface area contributed by atoms with Crippen molar-refractivity contribution in [2.45, 2.75) is 117 Å². The lowest BCUT2D eigenvalue weighted by molar-refractivity contribution is -0.386. The summed E-state index contributed by atoms with van der Waals surface area (Å²) in [6, 6.07) is 51.0. The van der Waals surface area contributed by atoms with Crippen LogP contribution in [0, 0.1) is 65.3 Å². The molecule has 9 aromatic rings. The predicted octanol–water partition coefficient (Wildman–Crippen LogP) is 14.8. The van der Waals surface area contributed by atoms with Gasteiger partial charge in [-0.1, -0.05) is 173 Å². The number of halogens is 2. The molecule has 1 aliphatic heterocycles. The van der Waals surface area contributed by atoms with Gasteiger partial charge in [-0.3, -0.25) is 58.5 Å². The van der Waals surface area contributed by atoms with Gasteiger partial charge in [0, 0.05) is 68.1 Å². The maximum Gasteiger partial charge on any atom is 0.357 e. The van der Waals surface area contributed by atoms with Gasteiger partial charge in [-0.25, -0.2) is 18.8 Å². The van der Waals surface area contributed by atoms with Crippen LogP contribution in [0.15, 0.2) is 213 Å². The first-order valence-electron chi connectivity index (χ1n) is 41.7. The number of fused-ring (bicyclic) bond motifs is 2. The number of carboxylic acids is 3. The molecular formula is C96H108ClFN8O22. The Bertz CT molecular complexity index is 5570. The third-order valence-corrected chi connectivity index (χ3v) is 22.1. The molecule has 678 valence electrons. The molecule has 7 aromatic carbocycles. The Balaban J connectivity index is 0.000000191. The molecule has 4 aliphatic carbocycles. The zero-order chi connectivity index (χ0) is 91.8. The van der Waals surface area contributed by atoms with Gasteiger partial charge in [0.05, 0.1) is 59.8 Å². The number of aromatic carboxylic acids is 1. The van der Waals surface area contributed by atoms with Gasteiger partial charge in [0.25, 0.3) is 5.91 Å². The average molecular weight is 1780 g/mol. The quantitative estimate of drug-likeness (QED) is 0.00832. The van der Waals surface area contributed by atoms with Crippen molar-refractivity contribution in [3.05, 3.63) is 297 Å². The summed E-state index contributed by atoms with van der Waals surface area (Å²) in [7, 11) is 2.90. The summed E-state index contributed by atoms with van der Waals surface area (Å²) >= 11 is 0. The number of carbonyl (C=O) groups excluding carboxylic acids is 4. The van der Waals surface area contributed by atoms with E-state index in [1.807, 2.05) is 23.2 Å². The minimum Gasteiger partial charge on any atom is -0.507 e. The monoisotopic (exact) mass is 1780 g/mol. The van der Waals surface area contributed by atoms with E-state index in [9.17, 15) is 88.0 Å². The number of carbonyl (C=O) groups is 7. The SMILES string of the molecule is COc1cccc(/C=C/C(=O)c2c(O)cc(C)oc2=O)c1O.COc1ccccc1/C=C/c1[nH]c(=O)[nH]c(=O)c1[N+](=O)[O-].Cc1ccc(C(C)C)c(OCC(O)CN2CCN(Cc3ccccc3)CC2)c1.Cl.O=C(Nc1ccccc1C(=O)O)c1ccccc1.O=C(Nc1ccccc1F)[C@@H]1C2C=CC(C2)[C@@H]1C(=O)O.O=C(O)C1CCCCC1C(=O)NC1CCCCC1. The molecule has 0 spiro atoms. The molecule has 2 aromatic heterocycles. The minimum absolute atomic E-state index is 0. The van der Waals surface area contributed by atoms with E-state index in [0.717, 1.165) is 76.7 Å². The number of carboxylic acid groups (broad SMARTS) is 3. The molecule has 3 saturated carbocycles. The number of H-pyrrole nitrogens is 2. The number of hydrogen-bond donors (Lipinski definition) is 11. The van der Waals surface area contributed by atoms with Gasteiger partial charge in [-0.2, -0.15) is 0 Å². The first-order chi connectivity index (χ1) is 60.9. The summed E-state index contributed by atoms with van der Waals surface area (Å²) in [5, 5.41) is 76.6. The Morgan fingerprint density at radius 2 is 1.23 bits per heavy atom. The number of benzene rings is 7. The third-order valence-electron chi connectivity index (χ3n) is 22.1. The van der Waals surface area contributed by atoms with Gasteiger partial charge >= 0.3 is 40.5 Å². The number of hydrogen-bond acceptors (Lipinski definition) is 21. The molecule has 32 heteroatoms. The van der Waals surface area contributed by atoms with E-state index in [1.54, 1.807) is 91.0 Å². The number of methoxy groups -OCH3 is 2. The van der Waals surface area contributed by atoms with Crippen molar-refractivity contribution in [3.63, 3.8) is 0 Å². The number of aliphatic hydroxyl groups is 1. The van der Waals surface area contributed by atoms with Crippen molar-refractivity contribution in [1.82, 2.24) is 25.1 Å². The number of phenolic OH excluding ortho intramolecular Hbond substituents is 1. The number of aromatic amines is 2. The van der Waals surface area contributed by atoms with Crippen molar-refractivity contribution in [2.75, 3.05) is 64.2 Å². The molecule has 30 nitrogen and oxygen atoms in total. The molecule has 128 heavy (non-hydrogen) atoms. The molecule has 3 heterocycles. The summed E-state index contributed by atoms with van der Waals surface area (Å²) in [4.78, 5) is 135. The maximum absolute atomic E-state index is 13.5. The van der Waals surface area contributed by atoms with Crippen molar-refractivity contribution >= 4 is 89.1 Å². The fraction of sp³-hybridized carbons (Fsp3) is 0.333. The average Bonchev–Trinajstić information content (AvgIpc) is 1.61. The van der Waals surface area contributed by atoms with Gasteiger partial charge in [0.15, 0.2) is 17.3 Å². The number of nitro groups is 1. The Kier molecular flexibility index (Phi) is 38.5. The standard InChI is InChI=1S/C24H34N2O2.C16H14O6.C15H14FNO3.C14H23NO3.C14H11NO3.C13H11N3O5.ClH/c1-19(2)23-10-9-20(3)15-24(23)28-18-22(27)17-26-13-11-25(12-14-26)16-21-7-5-4-6-8-21;1-9-8-12(18)14(16(20)22-9)11(17)7-6-10-4-3-5-13(21-2)15(10)19;16-10-3-1-2-4-11(10)17-14(18)12-8-5-6-9(7-8)13(12)15(19)20;16-13(15-10-6-2-1-3-7-10)11-8-4-5-9-12(11)14(17)18;16-13(10-6-2-1-3-7-10)15-12-9-5-4-8-11(12)14(17)18;1-21-10-5-3-2-4-8(10)6-7-9-11(16(19)20)12(17)15-13(18)14-9;/h4-10,15,19,22,27H,11-14,16-18H2,1-3H3;3-8,18-19H,1-2H3;1-6,8-9,12-13H,7H2,(H,17,18)(H,19,20);10-12H,1-9H2,(H,15,16)(H,17,18);1-9H,(H,15,16)(H,17,18);2-7H,1H3,(H2,14,15,17,18);1H/b;7-6+;;;;7-6+;/t;;8?,9?,12-,13+;;;;/m..1..../s1. The lowest BCUT2D eigenvalue weighted by atomic mass is 9.78. The van der Waals surface area contributed by atoms with E-state index in [2.05, 4.69) is 100 Å². The molecule has 3 amide bonds. The van der Waals surface area contributed by atoms with Crippen LogP contribution in [0.25, 0.3) is 18.2 Å². The minimum atomic E-state index is -1.07. The third kappa shape index (κ3) is 29.0. The number of anilines is 2. The van der Waals surface area contributed by atoms with Gasteiger partial charge in [-0.05, 0) is 159 Å². The fourth-order valence-corrected chi connectivity index (χ4v) is 15.6. The number of para-hydroxylation sites is 4. The summed E-state index contributed by atoms with van der Waals surface area (Å²) in [6.07, 6.45) is 18.2. The van der Waals surface area contributed by atoms with Crippen molar-refractivity contribution in [3.8, 4) is 28.7 Å². The van der Waals surface area contributed by atoms with Crippen LogP contribution in [0.2, 0.25) is 0 Å². The number of aliphatic carboxylic acids is 2. The Labute approximate surface area is 744 Å². The number of aliphatic hydroxyl groups excluding tert-OH is 1. The lowest BCUT2D eigenvalue weighted by Gasteiger charge is -2.35. The largest absolute Gasteiger partial charge is 0.507 e. The molecule has 0 radical (unpaired) electrons. The highest BCUT2D eigenvalue weighted by molar-refractivity contribution is 6.09. The van der Waals surface area contributed by atoms with E-state index in [1.165, 1.54) is 106 Å². The molecule has 11 N–H and O–H groups in total. The second-order valence-electron chi connectivity index (χ2n) is 31.4. The van der Waals surface area contributed by atoms with Crippen LogP contribution in [0.3, 0.4) is 0 Å². The molecule has 14 rings (SSSR count). The van der Waals surface area contributed by atoms with Crippen LogP contribution in [-0.4, -0.2) is 162 Å². The van der Waals surface area contributed by atoms with Crippen LogP contribution in [0.1, 0.15) is 154 Å². The number of allylic oxidation sites excluding steroid dienone is 3. The second kappa shape index (κ2) is 49.3. The number of aromatic hydroxyl groups is 2. The van der Waals surface area contributed by atoms with Crippen LogP contribution >= 0.6 is 12.4 Å². The van der Waals surface area contributed by atoms with Gasteiger partial charge in [-0.15, -0.1) is 12.4 Å². The number of piperazine rings is 1. The van der Waals surface area contributed by atoms with Gasteiger partial charge in [0.1, 0.15) is 52.8 Å². The van der Waals surface area contributed by atoms with Gasteiger partial charge in [0.2, 0.25) is 11.8 Å². The maximum atomic E-state index is 13.5. The van der Waals surface area contributed by atoms with Crippen LogP contribution in [0.5, 0.6) is 28.7 Å². The number of nitrogens with zero attached hydrogens (tertiary/aromatic N) is 3. The molecule has 7 atom stereocenters. The van der Waals surface area contributed by atoms with Crippen LogP contribution in [0.4, 0.5) is 21.5 Å². The van der Waals surface area contributed by atoms with E-state index < -0.39 is 98.1 Å². The highest BCUT2D eigenvalue weighted by atomic mass is 35.5. The van der Waals surface area contributed by atoms with E-state index in [-0.39, 0.29) is 82.2 Å². The molecule has 4 fully saturated rings. The summed E-state index contributed by atoms with van der Waals surface area (Å²) in [5.41, 5.74) is 1.53. The summed E-state index contributed by atoms with van der Waals surface area (Å²) in [5.74, 6) is -5.37. The number of rotatable bonds is 25. The van der Waals surface area contributed by atoms with E-state index >= 15 is 0 Å². The first kappa shape index (κ1) is 99.8.